The number of carbonyl (C=O) groups excluding carboxylic acids is 1. The van der Waals surface area contributed by atoms with Crippen LogP contribution in [-0.2, 0) is 22.7 Å². The zero-order valence-electron chi connectivity index (χ0n) is 14.0. The predicted molar refractivity (Wildman–Crippen MR) is 87.8 cm³/mol. The molecule has 0 aliphatic carbocycles. The molecule has 0 N–H and O–H groups in total. The second kappa shape index (κ2) is 8.48. The van der Waals surface area contributed by atoms with Crippen LogP contribution >= 0.6 is 0 Å². The van der Waals surface area contributed by atoms with E-state index in [0.29, 0.717) is 26.2 Å². The standard InChI is InChI=1S/C18H24N2O3/c1-14-17(15(2)23-19-14)12-20(3)18(21)10-7-11-22-13-16-8-5-4-6-9-16/h4-6,8-9H,7,10-13H2,1-3H3. The molecule has 0 aliphatic heterocycles. The van der Waals surface area contributed by atoms with E-state index in [1.165, 1.54) is 0 Å². The minimum absolute atomic E-state index is 0.105. The van der Waals surface area contributed by atoms with Gasteiger partial charge in [0, 0.05) is 25.6 Å². The first kappa shape index (κ1) is 17.2. The van der Waals surface area contributed by atoms with Crippen molar-refractivity contribution in [3.63, 3.8) is 0 Å². The summed E-state index contributed by atoms with van der Waals surface area (Å²) < 4.78 is 10.7. The molecule has 0 bridgehead atoms. The largest absolute Gasteiger partial charge is 0.377 e. The van der Waals surface area contributed by atoms with Gasteiger partial charge in [0.2, 0.25) is 5.91 Å². The van der Waals surface area contributed by atoms with Gasteiger partial charge >= 0.3 is 0 Å². The fraction of sp³-hybridized carbons (Fsp3) is 0.444. The van der Waals surface area contributed by atoms with E-state index < -0.39 is 0 Å². The second-order valence-electron chi connectivity index (χ2n) is 5.69. The Bertz CT molecular complexity index is 603. The SMILES string of the molecule is Cc1noc(C)c1CN(C)C(=O)CCCOCc1ccccc1. The third-order valence-corrected chi connectivity index (χ3v) is 3.79. The van der Waals surface area contributed by atoms with Crippen LogP contribution in [0.5, 0.6) is 0 Å². The van der Waals surface area contributed by atoms with Crippen molar-refractivity contribution in [2.24, 2.45) is 0 Å². The van der Waals surface area contributed by atoms with Crippen LogP contribution in [0.2, 0.25) is 0 Å². The van der Waals surface area contributed by atoms with Crippen LogP contribution in [-0.4, -0.2) is 29.6 Å². The maximum atomic E-state index is 12.1. The van der Waals surface area contributed by atoms with E-state index in [4.69, 9.17) is 9.26 Å². The Morgan fingerprint density at radius 3 is 2.65 bits per heavy atom. The maximum Gasteiger partial charge on any atom is 0.222 e. The molecule has 124 valence electrons. The molecule has 2 rings (SSSR count). The molecular weight excluding hydrogens is 292 g/mol. The number of aromatic nitrogens is 1. The Morgan fingerprint density at radius 1 is 1.26 bits per heavy atom. The first-order chi connectivity index (χ1) is 11.1. The minimum atomic E-state index is 0.105. The van der Waals surface area contributed by atoms with Gasteiger partial charge in [-0.05, 0) is 25.8 Å². The summed E-state index contributed by atoms with van der Waals surface area (Å²) in [6, 6.07) is 10.0. The van der Waals surface area contributed by atoms with Crippen molar-refractivity contribution in [3.8, 4) is 0 Å². The number of amides is 1. The minimum Gasteiger partial charge on any atom is -0.377 e. The second-order valence-corrected chi connectivity index (χ2v) is 5.69. The van der Waals surface area contributed by atoms with Crippen LogP contribution in [0.25, 0.3) is 0 Å². The van der Waals surface area contributed by atoms with Crippen molar-refractivity contribution in [1.29, 1.82) is 0 Å². The van der Waals surface area contributed by atoms with Crippen LogP contribution in [0.15, 0.2) is 34.9 Å². The molecule has 1 heterocycles. The summed E-state index contributed by atoms with van der Waals surface area (Å²) in [5.41, 5.74) is 2.98. The molecule has 2 aromatic rings. The van der Waals surface area contributed by atoms with Crippen LogP contribution in [0.3, 0.4) is 0 Å². The van der Waals surface area contributed by atoms with Gasteiger partial charge in [0.15, 0.2) is 0 Å². The molecule has 0 radical (unpaired) electrons. The molecule has 0 unspecified atom stereocenters. The maximum absolute atomic E-state index is 12.1. The highest BCUT2D eigenvalue weighted by Crippen LogP contribution is 2.14. The molecule has 0 spiro atoms. The summed E-state index contributed by atoms with van der Waals surface area (Å²) in [6.07, 6.45) is 1.20. The molecule has 1 aromatic heterocycles. The highest BCUT2D eigenvalue weighted by molar-refractivity contribution is 5.75. The Labute approximate surface area is 137 Å². The number of rotatable bonds is 8. The molecule has 1 aromatic carbocycles. The summed E-state index contributed by atoms with van der Waals surface area (Å²) in [6.45, 7) is 5.46. The fourth-order valence-corrected chi connectivity index (χ4v) is 2.33. The lowest BCUT2D eigenvalue weighted by Crippen LogP contribution is -2.26. The average molecular weight is 316 g/mol. The Hall–Kier alpha value is -2.14. The number of ether oxygens (including phenoxy) is 1. The summed E-state index contributed by atoms with van der Waals surface area (Å²) in [4.78, 5) is 13.9. The zero-order valence-corrected chi connectivity index (χ0v) is 14.0. The summed E-state index contributed by atoms with van der Waals surface area (Å²) >= 11 is 0. The Morgan fingerprint density at radius 2 is 2.00 bits per heavy atom. The topological polar surface area (TPSA) is 55.6 Å². The molecule has 0 saturated carbocycles. The first-order valence-electron chi connectivity index (χ1n) is 7.85. The van der Waals surface area contributed by atoms with Crippen molar-refractivity contribution >= 4 is 5.91 Å². The lowest BCUT2D eigenvalue weighted by molar-refractivity contribution is -0.130. The number of aryl methyl sites for hydroxylation is 2. The summed E-state index contributed by atoms with van der Waals surface area (Å²) in [5, 5.41) is 3.91. The highest BCUT2D eigenvalue weighted by atomic mass is 16.5. The molecular formula is C18H24N2O3. The van der Waals surface area contributed by atoms with Gasteiger partial charge < -0.3 is 14.2 Å². The van der Waals surface area contributed by atoms with Gasteiger partial charge in [-0.25, -0.2) is 0 Å². The van der Waals surface area contributed by atoms with E-state index in [9.17, 15) is 4.79 Å². The fourth-order valence-electron chi connectivity index (χ4n) is 2.33. The van der Waals surface area contributed by atoms with Gasteiger partial charge in [-0.1, -0.05) is 35.5 Å². The molecule has 5 nitrogen and oxygen atoms in total. The zero-order chi connectivity index (χ0) is 16.7. The molecule has 0 saturated heterocycles. The van der Waals surface area contributed by atoms with Crippen molar-refractivity contribution in [2.45, 2.75) is 39.8 Å². The monoisotopic (exact) mass is 316 g/mol. The van der Waals surface area contributed by atoms with Crippen LogP contribution in [0, 0.1) is 13.8 Å². The number of hydrogen-bond acceptors (Lipinski definition) is 4. The lowest BCUT2D eigenvalue weighted by atomic mass is 10.2. The number of benzene rings is 1. The average Bonchev–Trinajstić information content (AvgIpc) is 2.87. The van der Waals surface area contributed by atoms with Gasteiger partial charge in [-0.2, -0.15) is 0 Å². The van der Waals surface area contributed by atoms with Crippen molar-refractivity contribution in [3.05, 3.63) is 52.9 Å². The molecule has 1 amide bonds. The van der Waals surface area contributed by atoms with E-state index in [0.717, 1.165) is 29.0 Å². The third kappa shape index (κ3) is 5.21. The van der Waals surface area contributed by atoms with Gasteiger partial charge in [0.25, 0.3) is 0 Å². The number of hydrogen-bond donors (Lipinski definition) is 0. The van der Waals surface area contributed by atoms with Crippen LogP contribution < -0.4 is 0 Å². The molecule has 0 fully saturated rings. The van der Waals surface area contributed by atoms with Gasteiger partial charge in [0.1, 0.15) is 5.76 Å². The Kier molecular flexibility index (Phi) is 6.35. The number of nitrogens with zero attached hydrogens (tertiary/aromatic N) is 2. The van der Waals surface area contributed by atoms with Crippen LogP contribution in [0.4, 0.5) is 0 Å². The van der Waals surface area contributed by atoms with Gasteiger partial charge in [0.05, 0.1) is 18.8 Å². The van der Waals surface area contributed by atoms with Crippen molar-refractivity contribution in [1.82, 2.24) is 10.1 Å². The number of carbonyl (C=O) groups is 1. The third-order valence-electron chi connectivity index (χ3n) is 3.79. The smallest absolute Gasteiger partial charge is 0.222 e. The summed E-state index contributed by atoms with van der Waals surface area (Å²) in [5.74, 6) is 0.877. The molecule has 23 heavy (non-hydrogen) atoms. The molecule has 0 atom stereocenters. The van der Waals surface area contributed by atoms with E-state index in [2.05, 4.69) is 5.16 Å². The van der Waals surface area contributed by atoms with Crippen molar-refractivity contribution in [2.75, 3.05) is 13.7 Å². The van der Waals surface area contributed by atoms with E-state index in [1.54, 1.807) is 11.9 Å². The Balaban J connectivity index is 1.66. The van der Waals surface area contributed by atoms with E-state index in [1.807, 2.05) is 44.2 Å². The highest BCUT2D eigenvalue weighted by Gasteiger charge is 2.15. The van der Waals surface area contributed by atoms with E-state index in [-0.39, 0.29) is 5.91 Å². The first-order valence-corrected chi connectivity index (χ1v) is 7.85. The van der Waals surface area contributed by atoms with Gasteiger partial charge in [-0.3, -0.25) is 4.79 Å². The van der Waals surface area contributed by atoms with Crippen molar-refractivity contribution < 1.29 is 14.1 Å². The lowest BCUT2D eigenvalue weighted by Gasteiger charge is -2.17. The molecule has 0 aliphatic rings. The molecule has 5 heteroatoms. The quantitative estimate of drug-likeness (QED) is 0.702. The van der Waals surface area contributed by atoms with Crippen LogP contribution in [0.1, 0.15) is 35.4 Å². The van der Waals surface area contributed by atoms with E-state index >= 15 is 0 Å². The predicted octanol–water partition coefficient (Wildman–Crippen LogP) is 3.25. The summed E-state index contributed by atoms with van der Waals surface area (Å²) in [7, 11) is 1.80. The van der Waals surface area contributed by atoms with Gasteiger partial charge in [-0.15, -0.1) is 0 Å². The normalized spacial score (nSPS) is 10.7.